The molecule has 2 heterocycles. The Morgan fingerprint density at radius 2 is 1.93 bits per heavy atom. The van der Waals surface area contributed by atoms with Gasteiger partial charge in [0.2, 0.25) is 5.78 Å². The summed E-state index contributed by atoms with van der Waals surface area (Å²) in [5.41, 5.74) is 0.571. The largest absolute Gasteiger partial charge is 0.503 e. The lowest BCUT2D eigenvalue weighted by atomic mass is 9.94. The average molecular weight is 401 g/mol. The molecule has 0 saturated carbocycles. The van der Waals surface area contributed by atoms with E-state index in [4.69, 9.17) is 18.6 Å². The maximum absolute atomic E-state index is 13.0. The van der Waals surface area contributed by atoms with E-state index in [0.29, 0.717) is 36.6 Å². The van der Waals surface area contributed by atoms with Crippen LogP contribution < -0.4 is 9.47 Å². The third-order valence-corrected chi connectivity index (χ3v) is 4.76. The van der Waals surface area contributed by atoms with Gasteiger partial charge in [0.05, 0.1) is 32.1 Å². The zero-order chi connectivity index (χ0) is 21.0. The molecule has 0 radical (unpaired) electrons. The van der Waals surface area contributed by atoms with Crippen molar-refractivity contribution in [3.63, 3.8) is 0 Å². The molecule has 1 aliphatic rings. The molecular weight excluding hydrogens is 378 g/mol. The molecule has 0 saturated heterocycles. The number of Topliss-reactive ketones (excluding diaryl/α,β-unsaturated/α-hetero) is 1. The summed E-state index contributed by atoms with van der Waals surface area (Å²) in [4.78, 5) is 27.3. The van der Waals surface area contributed by atoms with E-state index in [2.05, 4.69) is 0 Å². The van der Waals surface area contributed by atoms with Gasteiger partial charge in [-0.3, -0.25) is 9.59 Å². The highest BCUT2D eigenvalue weighted by atomic mass is 16.5. The number of nitrogens with zero attached hydrogens (tertiary/aromatic N) is 1. The molecule has 154 valence electrons. The van der Waals surface area contributed by atoms with Gasteiger partial charge < -0.3 is 28.6 Å². The maximum atomic E-state index is 13.0. The number of hydrogen-bond donors (Lipinski definition) is 1. The highest BCUT2D eigenvalue weighted by molar-refractivity contribution is 6.15. The fourth-order valence-electron chi connectivity index (χ4n) is 3.41. The van der Waals surface area contributed by atoms with E-state index >= 15 is 0 Å². The number of furan rings is 1. The number of aliphatic hydroxyl groups excluding tert-OH is 1. The Morgan fingerprint density at radius 1 is 1.17 bits per heavy atom. The first-order chi connectivity index (χ1) is 14.0. The van der Waals surface area contributed by atoms with Gasteiger partial charge in [-0.25, -0.2) is 0 Å². The van der Waals surface area contributed by atoms with Crippen molar-refractivity contribution >= 4 is 11.7 Å². The van der Waals surface area contributed by atoms with Gasteiger partial charge in [0.15, 0.2) is 23.0 Å². The Morgan fingerprint density at radius 3 is 2.55 bits per heavy atom. The molecule has 29 heavy (non-hydrogen) atoms. The van der Waals surface area contributed by atoms with Crippen LogP contribution in [0.15, 0.2) is 52.3 Å². The van der Waals surface area contributed by atoms with E-state index in [0.717, 1.165) is 0 Å². The topological polar surface area (TPSA) is 98.4 Å². The van der Waals surface area contributed by atoms with E-state index in [9.17, 15) is 14.7 Å². The minimum absolute atomic E-state index is 0.0328. The van der Waals surface area contributed by atoms with Gasteiger partial charge in [-0.05, 0) is 36.2 Å². The van der Waals surface area contributed by atoms with E-state index < -0.39 is 23.5 Å². The maximum Gasteiger partial charge on any atom is 0.290 e. The van der Waals surface area contributed by atoms with Crippen LogP contribution >= 0.6 is 0 Å². The first-order valence-electron chi connectivity index (χ1n) is 9.06. The fourth-order valence-corrected chi connectivity index (χ4v) is 3.41. The number of hydrogen-bond acceptors (Lipinski definition) is 7. The summed E-state index contributed by atoms with van der Waals surface area (Å²) in [6, 6.07) is 7.38. The number of aliphatic hydroxyl groups is 1. The first-order valence-corrected chi connectivity index (χ1v) is 9.06. The second kappa shape index (κ2) is 8.83. The molecule has 0 aliphatic carbocycles. The number of benzene rings is 1. The number of amides is 1. The van der Waals surface area contributed by atoms with E-state index in [-0.39, 0.29) is 11.3 Å². The lowest BCUT2D eigenvalue weighted by Crippen LogP contribution is -2.32. The van der Waals surface area contributed by atoms with Crippen LogP contribution in [0.3, 0.4) is 0 Å². The number of rotatable bonds is 9. The highest BCUT2D eigenvalue weighted by Crippen LogP contribution is 2.41. The minimum atomic E-state index is -0.795. The van der Waals surface area contributed by atoms with Crippen molar-refractivity contribution in [3.05, 3.63) is 59.3 Å². The number of methoxy groups -OCH3 is 3. The second-order valence-electron chi connectivity index (χ2n) is 6.43. The molecule has 0 spiro atoms. The zero-order valence-electron chi connectivity index (χ0n) is 16.5. The van der Waals surface area contributed by atoms with Crippen molar-refractivity contribution in [2.45, 2.75) is 12.5 Å². The fraction of sp³-hybridized carbons (Fsp3) is 0.333. The van der Waals surface area contributed by atoms with Crippen molar-refractivity contribution in [1.82, 2.24) is 4.90 Å². The Bertz CT molecular complexity index is 917. The summed E-state index contributed by atoms with van der Waals surface area (Å²) in [7, 11) is 4.59. The van der Waals surface area contributed by atoms with Crippen molar-refractivity contribution < 1.29 is 33.3 Å². The Labute approximate surface area is 168 Å². The van der Waals surface area contributed by atoms with Crippen LogP contribution in [-0.4, -0.2) is 56.2 Å². The molecule has 1 atom stereocenters. The van der Waals surface area contributed by atoms with Crippen LogP contribution in [0.5, 0.6) is 11.5 Å². The normalized spacial score (nSPS) is 16.4. The molecule has 8 nitrogen and oxygen atoms in total. The van der Waals surface area contributed by atoms with Crippen LogP contribution in [0, 0.1) is 0 Å². The summed E-state index contributed by atoms with van der Waals surface area (Å²) in [6.07, 6.45) is 1.91. The standard InChI is InChI=1S/C21H23NO7/c1-26-10-5-9-22-18(13-7-8-14(27-2)16(12-13)28-3)17(20(24)21(22)25)19(23)15-6-4-11-29-15/h4,6-8,11-12,18,24H,5,9-10H2,1-3H3. The van der Waals surface area contributed by atoms with Gasteiger partial charge in [0.1, 0.15) is 0 Å². The molecule has 1 unspecified atom stereocenters. The molecule has 1 aromatic heterocycles. The van der Waals surface area contributed by atoms with Crippen molar-refractivity contribution in [2.75, 3.05) is 34.5 Å². The zero-order valence-corrected chi connectivity index (χ0v) is 16.5. The van der Waals surface area contributed by atoms with Crippen LogP contribution in [0.2, 0.25) is 0 Å². The van der Waals surface area contributed by atoms with Crippen molar-refractivity contribution in [1.29, 1.82) is 0 Å². The molecule has 2 aromatic rings. The van der Waals surface area contributed by atoms with E-state index in [1.54, 1.807) is 31.4 Å². The molecular formula is C21H23NO7. The van der Waals surface area contributed by atoms with Crippen molar-refractivity contribution in [2.24, 2.45) is 0 Å². The lowest BCUT2D eigenvalue weighted by Gasteiger charge is -2.27. The molecule has 1 amide bonds. The van der Waals surface area contributed by atoms with Crippen molar-refractivity contribution in [3.8, 4) is 11.5 Å². The predicted molar refractivity (Wildman–Crippen MR) is 103 cm³/mol. The third-order valence-electron chi connectivity index (χ3n) is 4.76. The van der Waals surface area contributed by atoms with Crippen LogP contribution in [0.25, 0.3) is 0 Å². The molecule has 8 heteroatoms. The summed E-state index contributed by atoms with van der Waals surface area (Å²) in [6.45, 7) is 0.731. The molecule has 1 aliphatic heterocycles. The van der Waals surface area contributed by atoms with Crippen LogP contribution in [0.1, 0.15) is 28.6 Å². The van der Waals surface area contributed by atoms with Gasteiger partial charge >= 0.3 is 0 Å². The van der Waals surface area contributed by atoms with E-state index in [1.807, 2.05) is 0 Å². The molecule has 1 N–H and O–H groups in total. The SMILES string of the molecule is COCCCN1C(=O)C(O)=C(C(=O)c2ccco2)C1c1ccc(OC)c(OC)c1. The first kappa shape index (κ1) is 20.5. The van der Waals surface area contributed by atoms with Crippen LogP contribution in [0.4, 0.5) is 0 Å². The second-order valence-corrected chi connectivity index (χ2v) is 6.43. The highest BCUT2D eigenvalue weighted by Gasteiger charge is 2.44. The van der Waals surface area contributed by atoms with E-state index in [1.165, 1.54) is 31.4 Å². The number of ether oxygens (including phenoxy) is 3. The smallest absolute Gasteiger partial charge is 0.290 e. The Kier molecular flexibility index (Phi) is 6.23. The summed E-state index contributed by atoms with van der Waals surface area (Å²) in [5.74, 6) is -0.734. The minimum Gasteiger partial charge on any atom is -0.503 e. The van der Waals surface area contributed by atoms with Gasteiger partial charge in [0.25, 0.3) is 5.91 Å². The summed E-state index contributed by atoms with van der Waals surface area (Å²) < 4.78 is 20.9. The molecule has 0 fully saturated rings. The number of carbonyl (C=O) groups is 2. The molecule has 3 rings (SSSR count). The Balaban J connectivity index is 2.07. The van der Waals surface area contributed by atoms with Gasteiger partial charge in [-0.15, -0.1) is 0 Å². The monoisotopic (exact) mass is 401 g/mol. The molecule has 0 bridgehead atoms. The van der Waals surface area contributed by atoms with Gasteiger partial charge in [0, 0.05) is 20.3 Å². The summed E-state index contributed by atoms with van der Waals surface area (Å²) in [5, 5.41) is 10.6. The summed E-state index contributed by atoms with van der Waals surface area (Å²) >= 11 is 0. The number of ketones is 1. The quantitative estimate of drug-likeness (QED) is 0.509. The number of carbonyl (C=O) groups excluding carboxylic acids is 2. The lowest BCUT2D eigenvalue weighted by molar-refractivity contribution is -0.129. The average Bonchev–Trinajstić information content (AvgIpc) is 3.36. The van der Waals surface area contributed by atoms with Gasteiger partial charge in [-0.1, -0.05) is 6.07 Å². The Hall–Kier alpha value is -3.26. The predicted octanol–water partition coefficient (Wildman–Crippen LogP) is 2.91. The van der Waals surface area contributed by atoms with Crippen LogP contribution in [-0.2, 0) is 9.53 Å². The molecule has 1 aromatic carbocycles. The third kappa shape index (κ3) is 3.84. The van der Waals surface area contributed by atoms with Gasteiger partial charge in [-0.2, -0.15) is 0 Å².